The lowest BCUT2D eigenvalue weighted by Gasteiger charge is -2.32. The quantitative estimate of drug-likeness (QED) is 0.668. The molecule has 2 bridgehead atoms. The first kappa shape index (κ1) is 10.4. The molecule has 0 aromatic rings. The van der Waals surface area contributed by atoms with Crippen molar-refractivity contribution in [3.05, 3.63) is 0 Å². The van der Waals surface area contributed by atoms with Crippen LogP contribution in [0.15, 0.2) is 0 Å². The fraction of sp³-hybridized carbons (Fsp3) is 1.00. The zero-order chi connectivity index (χ0) is 10.4. The normalized spacial score (nSPS) is 49.6. The van der Waals surface area contributed by atoms with Crippen molar-refractivity contribution in [1.29, 1.82) is 0 Å². The van der Waals surface area contributed by atoms with Crippen molar-refractivity contribution >= 4 is 11.6 Å². The van der Waals surface area contributed by atoms with Crippen LogP contribution in [0.2, 0.25) is 0 Å². The van der Waals surface area contributed by atoms with Gasteiger partial charge in [-0.05, 0) is 55.8 Å². The highest BCUT2D eigenvalue weighted by molar-refractivity contribution is 6.19. The third-order valence-electron chi connectivity index (χ3n) is 5.01. The number of rotatable bonds is 3. The third kappa shape index (κ3) is 1.63. The highest BCUT2D eigenvalue weighted by atomic mass is 35.5. The molecule has 6 unspecified atom stereocenters. The van der Waals surface area contributed by atoms with Gasteiger partial charge in [-0.25, -0.2) is 0 Å². The van der Waals surface area contributed by atoms with Crippen molar-refractivity contribution in [2.24, 2.45) is 23.7 Å². The Morgan fingerprint density at radius 3 is 2.80 bits per heavy atom. The van der Waals surface area contributed by atoms with Crippen molar-refractivity contribution in [3.8, 4) is 0 Å². The number of halogens is 1. The van der Waals surface area contributed by atoms with Gasteiger partial charge < -0.3 is 4.74 Å². The molecule has 0 amide bonds. The number of ether oxygens (including phenoxy) is 1. The Morgan fingerprint density at radius 1 is 1.20 bits per heavy atom. The molecule has 0 saturated heterocycles. The molecular weight excluding hydrogens is 208 g/mol. The Kier molecular flexibility index (Phi) is 2.72. The van der Waals surface area contributed by atoms with E-state index in [1.54, 1.807) is 0 Å². The maximum atomic E-state index is 6.10. The maximum absolute atomic E-state index is 6.10. The van der Waals surface area contributed by atoms with E-state index in [0.29, 0.717) is 6.10 Å². The standard InChI is InChI=1S/C13H21ClO/c1-2-13(14)15-12-7-8-6-11(12)10-5-3-4-9(8)10/h8-13H,2-7H2,1H3. The molecule has 15 heavy (non-hydrogen) atoms. The van der Waals surface area contributed by atoms with Crippen LogP contribution in [0, 0.1) is 23.7 Å². The number of hydrogen-bond acceptors (Lipinski definition) is 1. The van der Waals surface area contributed by atoms with Crippen LogP contribution in [0.4, 0.5) is 0 Å². The van der Waals surface area contributed by atoms with E-state index in [1.807, 2.05) is 0 Å². The van der Waals surface area contributed by atoms with Crippen molar-refractivity contribution in [2.75, 3.05) is 0 Å². The minimum atomic E-state index is -0.0470. The van der Waals surface area contributed by atoms with Crippen LogP contribution in [0.3, 0.4) is 0 Å². The van der Waals surface area contributed by atoms with Gasteiger partial charge in [-0.1, -0.05) is 24.9 Å². The lowest BCUT2D eigenvalue weighted by Crippen LogP contribution is -2.32. The van der Waals surface area contributed by atoms with Crippen LogP contribution < -0.4 is 0 Å². The molecule has 3 fully saturated rings. The topological polar surface area (TPSA) is 9.23 Å². The molecule has 6 atom stereocenters. The summed E-state index contributed by atoms with van der Waals surface area (Å²) in [4.78, 5) is 0. The lowest BCUT2D eigenvalue weighted by atomic mass is 9.80. The predicted octanol–water partition coefficient (Wildman–Crippen LogP) is 3.80. The van der Waals surface area contributed by atoms with Gasteiger partial charge in [0.05, 0.1) is 6.10 Å². The molecule has 3 aliphatic rings. The van der Waals surface area contributed by atoms with Crippen LogP contribution in [-0.4, -0.2) is 11.7 Å². The fourth-order valence-corrected chi connectivity index (χ4v) is 4.58. The van der Waals surface area contributed by atoms with Crippen LogP contribution in [0.5, 0.6) is 0 Å². The van der Waals surface area contributed by atoms with Gasteiger partial charge in [0.25, 0.3) is 0 Å². The van der Waals surface area contributed by atoms with Gasteiger partial charge in [0.2, 0.25) is 0 Å². The van der Waals surface area contributed by atoms with E-state index in [9.17, 15) is 0 Å². The van der Waals surface area contributed by atoms with E-state index in [2.05, 4.69) is 6.92 Å². The smallest absolute Gasteiger partial charge is 0.131 e. The zero-order valence-corrected chi connectivity index (χ0v) is 10.2. The average Bonchev–Trinajstić information content (AvgIpc) is 2.87. The van der Waals surface area contributed by atoms with Crippen molar-refractivity contribution in [1.82, 2.24) is 0 Å². The highest BCUT2D eigenvalue weighted by Gasteiger charge is 2.54. The van der Waals surface area contributed by atoms with E-state index in [-0.39, 0.29) is 5.56 Å². The van der Waals surface area contributed by atoms with E-state index in [0.717, 1.165) is 30.1 Å². The Morgan fingerprint density at radius 2 is 2.00 bits per heavy atom. The highest BCUT2D eigenvalue weighted by Crippen LogP contribution is 2.59. The second-order valence-electron chi connectivity index (χ2n) is 5.65. The van der Waals surface area contributed by atoms with Gasteiger partial charge in [-0.3, -0.25) is 0 Å². The largest absolute Gasteiger partial charge is 0.359 e. The Bertz CT molecular complexity index is 243. The monoisotopic (exact) mass is 228 g/mol. The number of alkyl halides is 1. The van der Waals surface area contributed by atoms with Crippen molar-refractivity contribution in [3.63, 3.8) is 0 Å². The molecule has 0 aliphatic heterocycles. The molecule has 1 nitrogen and oxygen atoms in total. The second kappa shape index (κ2) is 3.92. The molecule has 0 radical (unpaired) electrons. The van der Waals surface area contributed by atoms with Crippen LogP contribution in [0.1, 0.15) is 45.4 Å². The van der Waals surface area contributed by atoms with E-state index in [1.165, 1.54) is 32.1 Å². The zero-order valence-electron chi connectivity index (χ0n) is 9.49. The summed E-state index contributed by atoms with van der Waals surface area (Å²) in [7, 11) is 0. The molecular formula is C13H21ClO. The summed E-state index contributed by atoms with van der Waals surface area (Å²) in [5.74, 6) is 3.89. The van der Waals surface area contributed by atoms with Gasteiger partial charge in [-0.2, -0.15) is 0 Å². The van der Waals surface area contributed by atoms with Crippen LogP contribution in [0.25, 0.3) is 0 Å². The van der Waals surface area contributed by atoms with E-state index < -0.39 is 0 Å². The summed E-state index contributed by atoms with van der Waals surface area (Å²) in [6.45, 7) is 2.10. The number of hydrogen-bond donors (Lipinski definition) is 0. The van der Waals surface area contributed by atoms with Gasteiger partial charge in [0.1, 0.15) is 5.56 Å². The Hall–Kier alpha value is 0.250. The molecule has 2 heteroatoms. The molecule has 0 aromatic carbocycles. The van der Waals surface area contributed by atoms with Crippen LogP contribution in [-0.2, 0) is 4.74 Å². The fourth-order valence-electron chi connectivity index (χ4n) is 4.45. The first-order valence-corrected chi connectivity index (χ1v) is 7.02. The molecule has 3 rings (SSSR count). The first-order valence-electron chi connectivity index (χ1n) is 6.59. The number of fused-ring (bicyclic) bond motifs is 5. The molecule has 0 heterocycles. The summed E-state index contributed by atoms with van der Waals surface area (Å²) in [5, 5.41) is 0. The average molecular weight is 229 g/mol. The second-order valence-corrected chi connectivity index (χ2v) is 6.13. The third-order valence-corrected chi connectivity index (χ3v) is 5.42. The summed E-state index contributed by atoms with van der Waals surface area (Å²) >= 11 is 6.10. The molecule has 86 valence electrons. The van der Waals surface area contributed by atoms with E-state index in [4.69, 9.17) is 16.3 Å². The molecule has 3 saturated carbocycles. The van der Waals surface area contributed by atoms with Gasteiger partial charge >= 0.3 is 0 Å². The first-order chi connectivity index (χ1) is 7.29. The van der Waals surface area contributed by atoms with Gasteiger partial charge in [0.15, 0.2) is 0 Å². The van der Waals surface area contributed by atoms with Gasteiger partial charge in [-0.15, -0.1) is 0 Å². The predicted molar refractivity (Wildman–Crippen MR) is 61.9 cm³/mol. The summed E-state index contributed by atoms with van der Waals surface area (Å²) in [5.41, 5.74) is -0.0470. The Balaban J connectivity index is 1.65. The molecule has 0 spiro atoms. The van der Waals surface area contributed by atoms with E-state index >= 15 is 0 Å². The van der Waals surface area contributed by atoms with Crippen molar-refractivity contribution < 1.29 is 4.74 Å². The SMILES string of the molecule is CCC(Cl)OC1CC2CC1C1CCCC21. The van der Waals surface area contributed by atoms with Gasteiger partial charge in [0, 0.05) is 0 Å². The van der Waals surface area contributed by atoms with Crippen LogP contribution >= 0.6 is 11.6 Å². The summed E-state index contributed by atoms with van der Waals surface area (Å²) in [6.07, 6.45) is 8.59. The molecule has 0 N–H and O–H groups in total. The van der Waals surface area contributed by atoms with Crippen molar-refractivity contribution in [2.45, 2.75) is 57.1 Å². The summed E-state index contributed by atoms with van der Waals surface area (Å²) < 4.78 is 5.97. The molecule has 3 aliphatic carbocycles. The molecule has 0 aromatic heterocycles. The maximum Gasteiger partial charge on any atom is 0.131 e. The minimum absolute atomic E-state index is 0.0470. The summed E-state index contributed by atoms with van der Waals surface area (Å²) in [6, 6.07) is 0. The lowest BCUT2D eigenvalue weighted by molar-refractivity contribution is -0.0271. The minimum Gasteiger partial charge on any atom is -0.359 e. The Labute approximate surface area is 97.5 Å².